The Hall–Kier alpha value is -0.120. The number of rotatable bonds is 2. The maximum atomic E-state index is 8.83. The number of quaternary nitrogens is 1. The van der Waals surface area contributed by atoms with Crippen molar-refractivity contribution >= 4 is 0 Å². The largest absolute Gasteiger partial charge is 0.332 e. The predicted molar refractivity (Wildman–Crippen MR) is 25.8 cm³/mol. The molecule has 0 aromatic heterocycles. The van der Waals surface area contributed by atoms with Gasteiger partial charge < -0.3 is 4.74 Å². The molecule has 0 saturated heterocycles. The van der Waals surface area contributed by atoms with E-state index in [0.29, 0.717) is 6.73 Å². The summed E-state index contributed by atoms with van der Waals surface area (Å²) in [6.07, 6.45) is 0. The maximum absolute atomic E-state index is 8.83. The Kier molecular flexibility index (Phi) is 2.22. The molecular weight excluding hydrogens is 94.0 g/mol. The van der Waals surface area contributed by atoms with Crippen molar-refractivity contribution < 1.29 is 14.6 Å². The zero-order chi connectivity index (χ0) is 5.91. The Morgan fingerprint density at radius 1 is 1.57 bits per heavy atom. The molecule has 3 nitrogen and oxygen atoms in total. The second-order valence-electron chi connectivity index (χ2n) is 2.04. The SMILES string of the molecule is COC[N+](C)(C)O. The highest BCUT2D eigenvalue weighted by molar-refractivity contribution is 3.90. The predicted octanol–water partition coefficient (Wildman–Crippen LogP) is 0.0559. The van der Waals surface area contributed by atoms with E-state index in [1.165, 1.54) is 0 Å². The van der Waals surface area contributed by atoms with E-state index < -0.39 is 0 Å². The Balaban J connectivity index is 3.15. The quantitative estimate of drug-likeness (QED) is 0.306. The van der Waals surface area contributed by atoms with Crippen molar-refractivity contribution in [3.63, 3.8) is 0 Å². The topological polar surface area (TPSA) is 29.5 Å². The van der Waals surface area contributed by atoms with Gasteiger partial charge in [0.15, 0.2) is 0 Å². The van der Waals surface area contributed by atoms with Crippen molar-refractivity contribution in [3.05, 3.63) is 0 Å². The fourth-order valence-corrected chi connectivity index (χ4v) is 0.316. The fraction of sp³-hybridized carbons (Fsp3) is 1.00. The monoisotopic (exact) mass is 106 g/mol. The van der Waals surface area contributed by atoms with Crippen molar-refractivity contribution in [2.45, 2.75) is 0 Å². The molecule has 1 N–H and O–H groups in total. The lowest BCUT2D eigenvalue weighted by molar-refractivity contribution is -1.08. The van der Waals surface area contributed by atoms with E-state index >= 15 is 0 Å². The van der Waals surface area contributed by atoms with Crippen molar-refractivity contribution in [1.29, 1.82) is 0 Å². The van der Waals surface area contributed by atoms with Crippen LogP contribution in [-0.2, 0) is 4.74 Å². The van der Waals surface area contributed by atoms with Gasteiger partial charge in [-0.3, -0.25) is 0 Å². The van der Waals surface area contributed by atoms with E-state index in [1.54, 1.807) is 21.2 Å². The molecule has 0 radical (unpaired) electrons. The number of hydrogen-bond acceptors (Lipinski definition) is 2. The number of nitrogens with zero attached hydrogens (tertiary/aromatic N) is 1. The summed E-state index contributed by atoms with van der Waals surface area (Å²) in [6, 6.07) is 0. The van der Waals surface area contributed by atoms with Gasteiger partial charge in [0.1, 0.15) is 14.1 Å². The van der Waals surface area contributed by atoms with Crippen molar-refractivity contribution in [3.8, 4) is 0 Å². The average molecular weight is 106 g/mol. The molecule has 0 amide bonds. The van der Waals surface area contributed by atoms with E-state index in [-0.39, 0.29) is 4.65 Å². The normalized spacial score (nSPS) is 12.0. The van der Waals surface area contributed by atoms with Gasteiger partial charge in [0, 0.05) is 7.11 Å². The lowest BCUT2D eigenvalue weighted by atomic mass is 10.9. The molecule has 0 atom stereocenters. The van der Waals surface area contributed by atoms with Gasteiger partial charge in [0.05, 0.1) is 0 Å². The first-order chi connectivity index (χ1) is 3.06. The van der Waals surface area contributed by atoms with E-state index in [1.807, 2.05) is 0 Å². The third-order valence-corrected chi connectivity index (χ3v) is 0.445. The van der Waals surface area contributed by atoms with Crippen LogP contribution in [0.1, 0.15) is 0 Å². The molecule has 44 valence electrons. The highest BCUT2D eigenvalue weighted by atomic mass is 16.6. The van der Waals surface area contributed by atoms with Gasteiger partial charge >= 0.3 is 0 Å². The van der Waals surface area contributed by atoms with Gasteiger partial charge in [-0.15, -0.1) is 0 Å². The smallest absolute Gasteiger partial charge is 0.212 e. The fourth-order valence-electron chi connectivity index (χ4n) is 0.316. The van der Waals surface area contributed by atoms with Crippen LogP contribution in [0, 0.1) is 0 Å². The van der Waals surface area contributed by atoms with Gasteiger partial charge in [0.2, 0.25) is 6.73 Å². The summed E-state index contributed by atoms with van der Waals surface area (Å²) in [5, 5.41) is 8.83. The highest BCUT2D eigenvalue weighted by Crippen LogP contribution is 1.85. The zero-order valence-corrected chi connectivity index (χ0v) is 5.01. The second-order valence-corrected chi connectivity index (χ2v) is 2.04. The summed E-state index contributed by atoms with van der Waals surface area (Å²) in [4.78, 5) is 0. The van der Waals surface area contributed by atoms with E-state index in [4.69, 9.17) is 5.21 Å². The van der Waals surface area contributed by atoms with Crippen LogP contribution in [0.2, 0.25) is 0 Å². The minimum absolute atomic E-state index is 0.128. The molecule has 0 aliphatic heterocycles. The summed E-state index contributed by atoms with van der Waals surface area (Å²) < 4.78 is 4.50. The first-order valence-corrected chi connectivity index (χ1v) is 2.11. The molecule has 0 unspecified atom stereocenters. The molecule has 7 heavy (non-hydrogen) atoms. The Morgan fingerprint density at radius 3 is 2.00 bits per heavy atom. The molecule has 3 heteroatoms. The minimum atomic E-state index is -0.128. The highest BCUT2D eigenvalue weighted by Gasteiger charge is 2.06. The zero-order valence-electron chi connectivity index (χ0n) is 5.01. The van der Waals surface area contributed by atoms with Gasteiger partial charge in [-0.05, 0) is 0 Å². The van der Waals surface area contributed by atoms with Crippen LogP contribution in [-0.4, -0.2) is 37.8 Å². The molecule has 0 saturated carbocycles. The van der Waals surface area contributed by atoms with E-state index in [2.05, 4.69) is 4.74 Å². The van der Waals surface area contributed by atoms with Crippen molar-refractivity contribution in [2.75, 3.05) is 27.9 Å². The van der Waals surface area contributed by atoms with Gasteiger partial charge in [0.25, 0.3) is 0 Å². The first-order valence-electron chi connectivity index (χ1n) is 2.11. The molecular formula is C4H12NO2+. The summed E-state index contributed by atoms with van der Waals surface area (Å²) in [5.41, 5.74) is 0. The minimum Gasteiger partial charge on any atom is -0.332 e. The summed E-state index contributed by atoms with van der Waals surface area (Å²) >= 11 is 0. The molecule has 0 spiro atoms. The number of ether oxygens (including phenoxy) is 1. The lowest BCUT2D eigenvalue weighted by Crippen LogP contribution is -2.36. The van der Waals surface area contributed by atoms with Crippen LogP contribution in [0.25, 0.3) is 0 Å². The lowest BCUT2D eigenvalue weighted by Gasteiger charge is -2.16. The van der Waals surface area contributed by atoms with Crippen LogP contribution in [0.4, 0.5) is 0 Å². The molecule has 0 aliphatic rings. The van der Waals surface area contributed by atoms with Crippen LogP contribution in [0.15, 0.2) is 0 Å². The molecule has 0 heterocycles. The van der Waals surface area contributed by atoms with Gasteiger partial charge in [-0.2, -0.15) is 4.65 Å². The Labute approximate surface area is 43.7 Å². The average Bonchev–Trinajstić information content (AvgIpc) is 1.30. The standard InChI is InChI=1S/C4H12NO2/c1-5(2,6)4-7-3/h6H,4H2,1-3H3/q+1. The third-order valence-electron chi connectivity index (χ3n) is 0.445. The summed E-state index contributed by atoms with van der Waals surface area (Å²) in [6.45, 7) is 0.333. The first kappa shape index (κ1) is 6.88. The summed E-state index contributed by atoms with van der Waals surface area (Å²) in [7, 11) is 4.84. The maximum Gasteiger partial charge on any atom is 0.212 e. The molecule has 0 fully saturated rings. The van der Waals surface area contributed by atoms with Crippen molar-refractivity contribution in [1.82, 2.24) is 0 Å². The molecule has 0 rings (SSSR count). The number of hydrogen-bond donors (Lipinski definition) is 1. The van der Waals surface area contributed by atoms with E-state index in [9.17, 15) is 0 Å². The Morgan fingerprint density at radius 2 is 2.00 bits per heavy atom. The van der Waals surface area contributed by atoms with E-state index in [0.717, 1.165) is 0 Å². The van der Waals surface area contributed by atoms with Crippen LogP contribution >= 0.6 is 0 Å². The molecule has 0 aliphatic carbocycles. The number of hydroxylamine groups is 3. The van der Waals surface area contributed by atoms with Crippen LogP contribution < -0.4 is 0 Å². The van der Waals surface area contributed by atoms with Crippen LogP contribution in [0.3, 0.4) is 0 Å². The molecule has 0 aromatic rings. The number of methoxy groups -OCH3 is 1. The second kappa shape index (κ2) is 2.26. The van der Waals surface area contributed by atoms with Gasteiger partial charge in [-0.25, -0.2) is 5.21 Å². The molecule has 0 bridgehead atoms. The van der Waals surface area contributed by atoms with Crippen LogP contribution in [0.5, 0.6) is 0 Å². The third kappa shape index (κ3) is 5.88. The summed E-state index contributed by atoms with van der Waals surface area (Å²) in [5.74, 6) is 0. The molecule has 0 aromatic carbocycles. The van der Waals surface area contributed by atoms with Crippen molar-refractivity contribution in [2.24, 2.45) is 0 Å². The Bertz CT molecular complexity index is 48.1. The van der Waals surface area contributed by atoms with Gasteiger partial charge in [-0.1, -0.05) is 0 Å².